The molecule has 1 atom stereocenters. The molecule has 0 aliphatic carbocycles. The van der Waals surface area contributed by atoms with Gasteiger partial charge in [-0.25, -0.2) is 14.4 Å². The second kappa shape index (κ2) is 7.22. The van der Waals surface area contributed by atoms with Gasteiger partial charge in [-0.3, -0.25) is 19.3 Å². The summed E-state index contributed by atoms with van der Waals surface area (Å²) in [7, 11) is 0. The Bertz CT molecular complexity index is 816. The van der Waals surface area contributed by atoms with Crippen LogP contribution in [0.2, 0.25) is 0 Å². The normalized spacial score (nSPS) is 16.5. The summed E-state index contributed by atoms with van der Waals surface area (Å²) in [4.78, 5) is 33.2. The first-order valence-electron chi connectivity index (χ1n) is 7.40. The van der Waals surface area contributed by atoms with E-state index in [2.05, 4.69) is 31.2 Å². The fourth-order valence-electron chi connectivity index (χ4n) is 2.67. The van der Waals surface area contributed by atoms with Crippen LogP contribution in [-0.2, 0) is 4.79 Å². The molecule has 0 saturated carbocycles. The van der Waals surface area contributed by atoms with E-state index in [1.165, 1.54) is 4.90 Å². The van der Waals surface area contributed by atoms with Crippen molar-refractivity contribution in [2.45, 2.75) is 5.92 Å². The molecule has 25 heavy (non-hydrogen) atoms. The summed E-state index contributed by atoms with van der Waals surface area (Å²) in [6.45, 7) is -0.821. The van der Waals surface area contributed by atoms with Gasteiger partial charge in [-0.15, -0.1) is 0 Å². The molecule has 1 aromatic carbocycles. The number of aromatic nitrogens is 2. The lowest BCUT2D eigenvalue weighted by molar-refractivity contribution is -0.117. The number of anilines is 1. The summed E-state index contributed by atoms with van der Waals surface area (Å²) in [6, 6.07) is 5.03. The highest BCUT2D eigenvalue weighted by atomic mass is 79.9. The molecule has 1 unspecified atom stereocenters. The Balaban J connectivity index is 1.74. The quantitative estimate of drug-likeness (QED) is 0.839. The highest BCUT2D eigenvalue weighted by Gasteiger charge is 2.32. The topological polar surface area (TPSA) is 75.2 Å². The van der Waals surface area contributed by atoms with Crippen molar-refractivity contribution in [3.8, 4) is 0 Å². The van der Waals surface area contributed by atoms with Gasteiger partial charge >= 0.3 is 0 Å². The molecule has 0 fully saturated rings. The Morgan fingerprint density at radius 1 is 1.36 bits per heavy atom. The number of hydrogen-bond acceptors (Lipinski definition) is 4. The first kappa shape index (κ1) is 17.4. The summed E-state index contributed by atoms with van der Waals surface area (Å²) in [5.41, 5.74) is 1.00. The first-order valence-corrected chi connectivity index (χ1v) is 8.19. The van der Waals surface area contributed by atoms with E-state index >= 15 is 0 Å². The molecule has 130 valence electrons. The van der Waals surface area contributed by atoms with Crippen molar-refractivity contribution in [3.05, 3.63) is 52.0 Å². The highest BCUT2D eigenvalue weighted by molar-refractivity contribution is 9.10. The zero-order chi connectivity index (χ0) is 18.0. The minimum Gasteiger partial charge on any atom is -0.329 e. The maximum absolute atomic E-state index is 13.4. The standard InChI is InChI=1S/C16H13BrF2N4O2/c17-10-1-2-12-13(3-10)9(4-18)7-23(15(12)25)8-14(24)22-16-20-5-11(19)6-21-16/h1-3,5-6,9H,4,7-8H2,(H,20,21,22,24). The van der Waals surface area contributed by atoms with E-state index in [4.69, 9.17) is 0 Å². The van der Waals surface area contributed by atoms with Crippen LogP contribution in [0.4, 0.5) is 14.7 Å². The summed E-state index contributed by atoms with van der Waals surface area (Å²) in [5, 5.41) is 2.38. The van der Waals surface area contributed by atoms with Gasteiger partial charge in [-0.1, -0.05) is 15.9 Å². The number of fused-ring (bicyclic) bond motifs is 1. The molecule has 1 aliphatic heterocycles. The maximum Gasteiger partial charge on any atom is 0.254 e. The summed E-state index contributed by atoms with van der Waals surface area (Å²) >= 11 is 3.31. The zero-order valence-corrected chi connectivity index (χ0v) is 14.5. The fraction of sp³-hybridized carbons (Fsp3) is 0.250. The number of alkyl halides is 1. The van der Waals surface area contributed by atoms with Gasteiger partial charge in [0.05, 0.1) is 19.1 Å². The number of halogens is 3. The van der Waals surface area contributed by atoms with Crippen molar-refractivity contribution in [3.63, 3.8) is 0 Å². The Hall–Kier alpha value is -2.42. The number of nitrogens with one attached hydrogen (secondary N) is 1. The third kappa shape index (κ3) is 3.81. The van der Waals surface area contributed by atoms with E-state index < -0.39 is 24.3 Å². The van der Waals surface area contributed by atoms with Crippen LogP contribution < -0.4 is 5.32 Å². The molecule has 3 rings (SSSR count). The largest absolute Gasteiger partial charge is 0.329 e. The molecule has 0 bridgehead atoms. The number of rotatable bonds is 4. The molecular weight excluding hydrogens is 398 g/mol. The number of carbonyl (C=O) groups excluding carboxylic acids is 2. The molecule has 0 saturated heterocycles. The second-order valence-electron chi connectivity index (χ2n) is 5.54. The average molecular weight is 411 g/mol. The van der Waals surface area contributed by atoms with Crippen LogP contribution >= 0.6 is 15.9 Å². The Labute approximate surface area is 150 Å². The molecule has 1 N–H and O–H groups in total. The van der Waals surface area contributed by atoms with Crippen molar-refractivity contribution in [1.29, 1.82) is 0 Å². The molecule has 9 heteroatoms. The third-order valence-electron chi connectivity index (χ3n) is 3.80. The molecule has 2 amide bonds. The van der Waals surface area contributed by atoms with Gasteiger partial charge in [0.15, 0.2) is 5.82 Å². The monoisotopic (exact) mass is 410 g/mol. The van der Waals surface area contributed by atoms with Crippen LogP contribution in [-0.4, -0.2) is 46.4 Å². The zero-order valence-electron chi connectivity index (χ0n) is 12.9. The van der Waals surface area contributed by atoms with Gasteiger partial charge in [-0.05, 0) is 23.8 Å². The lowest BCUT2D eigenvalue weighted by Gasteiger charge is -2.32. The molecule has 0 radical (unpaired) electrons. The fourth-order valence-corrected chi connectivity index (χ4v) is 3.05. The van der Waals surface area contributed by atoms with Crippen LogP contribution in [0, 0.1) is 5.82 Å². The Morgan fingerprint density at radius 3 is 2.76 bits per heavy atom. The first-order chi connectivity index (χ1) is 12.0. The highest BCUT2D eigenvalue weighted by Crippen LogP contribution is 2.31. The SMILES string of the molecule is O=C(CN1CC(CF)c2cc(Br)ccc2C1=O)Nc1ncc(F)cn1. The van der Waals surface area contributed by atoms with Gasteiger partial charge in [0.2, 0.25) is 11.9 Å². The van der Waals surface area contributed by atoms with Crippen molar-refractivity contribution < 1.29 is 18.4 Å². The van der Waals surface area contributed by atoms with Crippen molar-refractivity contribution in [2.24, 2.45) is 0 Å². The lowest BCUT2D eigenvalue weighted by atomic mass is 9.90. The number of benzene rings is 1. The van der Waals surface area contributed by atoms with E-state index in [-0.39, 0.29) is 24.9 Å². The Morgan fingerprint density at radius 2 is 2.08 bits per heavy atom. The predicted octanol–water partition coefficient (Wildman–Crippen LogP) is 2.53. The van der Waals surface area contributed by atoms with Gasteiger partial charge in [0.1, 0.15) is 6.54 Å². The average Bonchev–Trinajstić information content (AvgIpc) is 2.59. The molecule has 1 aromatic heterocycles. The lowest BCUT2D eigenvalue weighted by Crippen LogP contribution is -2.44. The molecule has 1 aliphatic rings. The third-order valence-corrected chi connectivity index (χ3v) is 4.30. The van der Waals surface area contributed by atoms with E-state index in [1.54, 1.807) is 18.2 Å². The van der Waals surface area contributed by atoms with Crippen LogP contribution in [0.15, 0.2) is 35.1 Å². The molecule has 0 spiro atoms. The number of amides is 2. The molecule has 6 nitrogen and oxygen atoms in total. The van der Waals surface area contributed by atoms with E-state index in [1.807, 2.05) is 0 Å². The Kier molecular flexibility index (Phi) is 5.03. The van der Waals surface area contributed by atoms with Gasteiger partial charge < -0.3 is 4.90 Å². The molecular formula is C16H13BrF2N4O2. The number of carbonyl (C=O) groups is 2. The number of nitrogens with zero attached hydrogens (tertiary/aromatic N) is 3. The minimum atomic E-state index is -0.643. The summed E-state index contributed by atoms with van der Waals surface area (Å²) in [6.07, 6.45) is 1.84. The summed E-state index contributed by atoms with van der Waals surface area (Å²) in [5.74, 6) is -2.08. The van der Waals surface area contributed by atoms with E-state index in [9.17, 15) is 18.4 Å². The van der Waals surface area contributed by atoms with Crippen LogP contribution in [0.25, 0.3) is 0 Å². The summed E-state index contributed by atoms with van der Waals surface area (Å²) < 4.78 is 26.9. The van der Waals surface area contributed by atoms with Gasteiger partial charge in [0, 0.05) is 22.5 Å². The van der Waals surface area contributed by atoms with Crippen molar-refractivity contribution in [2.75, 3.05) is 25.1 Å². The second-order valence-corrected chi connectivity index (χ2v) is 6.46. The smallest absolute Gasteiger partial charge is 0.254 e. The maximum atomic E-state index is 13.4. The van der Waals surface area contributed by atoms with Crippen LogP contribution in [0.3, 0.4) is 0 Å². The predicted molar refractivity (Wildman–Crippen MR) is 89.4 cm³/mol. The van der Waals surface area contributed by atoms with Gasteiger partial charge in [-0.2, -0.15) is 0 Å². The van der Waals surface area contributed by atoms with Crippen LogP contribution in [0.5, 0.6) is 0 Å². The molecule has 2 heterocycles. The van der Waals surface area contributed by atoms with Crippen molar-refractivity contribution >= 4 is 33.7 Å². The molecule has 2 aromatic rings. The van der Waals surface area contributed by atoms with E-state index in [0.717, 1.165) is 16.9 Å². The van der Waals surface area contributed by atoms with Crippen molar-refractivity contribution in [1.82, 2.24) is 14.9 Å². The van der Waals surface area contributed by atoms with E-state index in [0.29, 0.717) is 11.1 Å². The number of hydrogen-bond donors (Lipinski definition) is 1. The van der Waals surface area contributed by atoms with Gasteiger partial charge in [0.25, 0.3) is 5.91 Å². The minimum absolute atomic E-state index is 0.0674. The van der Waals surface area contributed by atoms with Crippen LogP contribution in [0.1, 0.15) is 21.8 Å².